The molecule has 2 saturated heterocycles. The van der Waals surface area contributed by atoms with E-state index in [1.165, 1.54) is 0 Å². The van der Waals surface area contributed by atoms with Gasteiger partial charge in [0.05, 0.1) is 12.4 Å². The molecule has 0 radical (unpaired) electrons. The van der Waals surface area contributed by atoms with Crippen molar-refractivity contribution in [2.45, 2.75) is 72.0 Å². The number of Topliss-reactive ketones (excluding diaryl/α,β-unsaturated/α-hetero) is 1. The molecule has 0 aromatic heterocycles. The summed E-state index contributed by atoms with van der Waals surface area (Å²) < 4.78 is 6.03. The first-order valence-electron chi connectivity index (χ1n) is 9.16. The summed E-state index contributed by atoms with van der Waals surface area (Å²) in [7, 11) is 0. The molecule has 0 bridgehead atoms. The summed E-state index contributed by atoms with van der Waals surface area (Å²) in [6.45, 7) is 5.30. The molecule has 4 nitrogen and oxygen atoms in total. The largest absolute Gasteiger partial charge is 0.364 e. The van der Waals surface area contributed by atoms with Gasteiger partial charge in [0, 0.05) is 11.8 Å². The van der Waals surface area contributed by atoms with Crippen LogP contribution in [0.3, 0.4) is 0 Å². The zero-order valence-corrected chi connectivity index (χ0v) is 17.3. The Kier molecular flexibility index (Phi) is 12.1. The van der Waals surface area contributed by atoms with Crippen molar-refractivity contribution in [3.8, 4) is 0 Å². The second-order valence-corrected chi connectivity index (χ2v) is 8.58. The first kappa shape index (κ1) is 27.0. The molecule has 3 atom stereocenters. The third kappa shape index (κ3) is 6.53. The first-order valence-corrected chi connectivity index (χ1v) is 10.2. The fourth-order valence-corrected chi connectivity index (χ4v) is 5.03. The van der Waals surface area contributed by atoms with E-state index in [2.05, 4.69) is 13.8 Å². The quantitative estimate of drug-likeness (QED) is 0.661. The number of amides is 1. The Morgan fingerprint density at radius 1 is 1.25 bits per heavy atom. The molecule has 0 spiro atoms. The highest BCUT2D eigenvalue weighted by Gasteiger charge is 2.45. The molecule has 160 valence electrons. The normalized spacial score (nSPS) is 21.8. The highest BCUT2D eigenvalue weighted by atomic mass is 32.2. The van der Waals surface area contributed by atoms with Crippen LogP contribution in [0.1, 0.15) is 53.5 Å². The van der Waals surface area contributed by atoms with Crippen LogP contribution in [0.5, 0.6) is 0 Å². The second kappa shape index (κ2) is 12.6. The number of rotatable bonds is 6. The number of carbonyl (C=O) groups excluding carboxylic acids is 2. The fourth-order valence-electron chi connectivity index (χ4n) is 3.66. The van der Waals surface area contributed by atoms with Crippen LogP contribution >= 0.6 is 25.3 Å². The van der Waals surface area contributed by atoms with Crippen LogP contribution in [0.2, 0.25) is 0 Å². The Hall–Kier alpha value is -0.980. The Bertz CT molecular complexity index is 609. The van der Waals surface area contributed by atoms with Crippen LogP contribution in [0, 0.1) is 5.92 Å². The van der Waals surface area contributed by atoms with E-state index in [-0.39, 0.29) is 51.3 Å². The van der Waals surface area contributed by atoms with E-state index < -0.39 is 6.10 Å². The van der Waals surface area contributed by atoms with Gasteiger partial charge in [-0.2, -0.15) is 13.5 Å². The van der Waals surface area contributed by atoms with Gasteiger partial charge in [-0.25, -0.2) is 0 Å². The number of fused-ring (bicyclic) bond motifs is 1. The number of thioether (sulfide) groups is 1. The van der Waals surface area contributed by atoms with Gasteiger partial charge >= 0.3 is 0 Å². The monoisotopic (exact) mass is 427 g/mol. The van der Waals surface area contributed by atoms with Crippen LogP contribution < -0.4 is 0 Å². The maximum Gasteiger partial charge on any atom is 0.252 e. The van der Waals surface area contributed by atoms with Crippen molar-refractivity contribution in [1.29, 1.82) is 0 Å². The zero-order valence-electron chi connectivity index (χ0n) is 15.5. The van der Waals surface area contributed by atoms with Crippen molar-refractivity contribution in [3.05, 3.63) is 35.9 Å². The smallest absolute Gasteiger partial charge is 0.252 e. The number of piperidine rings is 1. The zero-order chi connectivity index (χ0) is 17.8. The van der Waals surface area contributed by atoms with E-state index in [4.69, 9.17) is 4.74 Å². The number of carbonyl (C=O) groups is 2. The van der Waals surface area contributed by atoms with E-state index in [0.29, 0.717) is 31.2 Å². The van der Waals surface area contributed by atoms with Crippen molar-refractivity contribution in [1.82, 2.24) is 4.90 Å². The number of ketones is 1. The van der Waals surface area contributed by atoms with E-state index in [0.717, 1.165) is 18.4 Å². The van der Waals surface area contributed by atoms with Gasteiger partial charge < -0.3 is 9.64 Å². The Morgan fingerprint density at radius 2 is 1.93 bits per heavy atom. The maximum atomic E-state index is 13.2. The minimum Gasteiger partial charge on any atom is -0.364 e. The van der Waals surface area contributed by atoms with Gasteiger partial charge in [0.25, 0.3) is 5.91 Å². The number of likely N-dealkylation sites (tertiary alicyclic amines) is 1. The van der Waals surface area contributed by atoms with Crippen LogP contribution in [0.25, 0.3) is 0 Å². The molecule has 0 N–H and O–H groups in total. The van der Waals surface area contributed by atoms with Crippen LogP contribution in [0.4, 0.5) is 0 Å². The standard InChI is InChI=1S/C20H27NO3S.2CH4.H2S/c1-14(2)11-17(24-12-15-7-4-3-5-8-15)20(23)21-10-6-9-18-19(21)16(22)13-25-18;;;/h3-5,7-8,14,17-19H,6,9-13H2,1-2H3;2*1H4;1H2/t17-,18+,19+;;;/m0.../s1. The van der Waals surface area contributed by atoms with Gasteiger partial charge in [-0.1, -0.05) is 59.0 Å². The first-order chi connectivity index (χ1) is 12.1. The molecule has 1 aromatic carbocycles. The minimum atomic E-state index is -0.475. The molecular weight excluding hydrogens is 390 g/mol. The SMILES string of the molecule is C.C.CC(C)C[C@H](OCc1ccccc1)C(=O)N1CCC[C@H]2SCC(=O)[C@H]21.S. The lowest BCUT2D eigenvalue weighted by molar-refractivity contribution is -0.152. The number of benzene rings is 1. The minimum absolute atomic E-state index is 0. The summed E-state index contributed by atoms with van der Waals surface area (Å²) in [5, 5.41) is 0.277. The van der Waals surface area contributed by atoms with Crippen molar-refractivity contribution in [2.75, 3.05) is 12.3 Å². The van der Waals surface area contributed by atoms with Gasteiger partial charge in [-0.15, -0.1) is 11.8 Å². The number of hydrogen-bond acceptors (Lipinski definition) is 4. The van der Waals surface area contributed by atoms with E-state index >= 15 is 0 Å². The average molecular weight is 428 g/mol. The number of nitrogens with zero attached hydrogens (tertiary/aromatic N) is 1. The average Bonchev–Trinajstić information content (AvgIpc) is 3.00. The maximum absolute atomic E-state index is 13.2. The lowest BCUT2D eigenvalue weighted by Gasteiger charge is -2.38. The summed E-state index contributed by atoms with van der Waals surface area (Å²) in [5.74, 6) is 1.10. The predicted molar refractivity (Wildman–Crippen MR) is 124 cm³/mol. The van der Waals surface area contributed by atoms with E-state index in [9.17, 15) is 9.59 Å². The molecule has 1 aromatic rings. The Morgan fingerprint density at radius 3 is 2.57 bits per heavy atom. The lowest BCUT2D eigenvalue weighted by Crippen LogP contribution is -2.54. The molecule has 3 rings (SSSR count). The highest BCUT2D eigenvalue weighted by Crippen LogP contribution is 2.35. The van der Waals surface area contributed by atoms with Crippen molar-refractivity contribution >= 4 is 36.9 Å². The van der Waals surface area contributed by atoms with Crippen LogP contribution in [0.15, 0.2) is 30.3 Å². The number of hydrogen-bond donors (Lipinski definition) is 0. The number of ether oxygens (including phenoxy) is 1. The van der Waals surface area contributed by atoms with Gasteiger partial charge in [0.2, 0.25) is 0 Å². The molecule has 2 aliphatic rings. The Labute approximate surface area is 182 Å². The Balaban J connectivity index is 0.00000243. The summed E-state index contributed by atoms with van der Waals surface area (Å²) >= 11 is 1.71. The topological polar surface area (TPSA) is 46.6 Å². The predicted octanol–water partition coefficient (Wildman–Crippen LogP) is 4.68. The lowest BCUT2D eigenvalue weighted by atomic mass is 9.96. The molecule has 2 heterocycles. The molecule has 2 fully saturated rings. The molecule has 6 heteroatoms. The molecule has 0 saturated carbocycles. The molecule has 28 heavy (non-hydrogen) atoms. The van der Waals surface area contributed by atoms with E-state index in [1.807, 2.05) is 35.2 Å². The third-order valence-corrected chi connectivity index (χ3v) is 6.26. The van der Waals surface area contributed by atoms with Crippen LogP contribution in [-0.2, 0) is 20.9 Å². The molecular formula is C22H37NO3S2. The second-order valence-electron chi connectivity index (χ2n) is 7.35. The third-order valence-electron chi connectivity index (χ3n) is 4.88. The molecule has 0 unspecified atom stereocenters. The summed E-state index contributed by atoms with van der Waals surface area (Å²) in [4.78, 5) is 27.3. The van der Waals surface area contributed by atoms with Crippen molar-refractivity contribution in [2.24, 2.45) is 5.92 Å². The van der Waals surface area contributed by atoms with Gasteiger partial charge in [0.1, 0.15) is 12.1 Å². The molecule has 1 amide bonds. The van der Waals surface area contributed by atoms with Gasteiger partial charge in [-0.3, -0.25) is 9.59 Å². The van der Waals surface area contributed by atoms with E-state index in [1.54, 1.807) is 11.8 Å². The molecule has 2 aliphatic heterocycles. The van der Waals surface area contributed by atoms with Crippen molar-refractivity contribution in [3.63, 3.8) is 0 Å². The summed E-state index contributed by atoms with van der Waals surface area (Å²) in [6.07, 6.45) is 2.21. The van der Waals surface area contributed by atoms with Gasteiger partial charge in [0.15, 0.2) is 5.78 Å². The summed E-state index contributed by atoms with van der Waals surface area (Å²) in [5.41, 5.74) is 1.06. The van der Waals surface area contributed by atoms with Crippen LogP contribution in [-0.4, -0.2) is 46.3 Å². The summed E-state index contributed by atoms with van der Waals surface area (Å²) in [6, 6.07) is 9.69. The van der Waals surface area contributed by atoms with Crippen molar-refractivity contribution < 1.29 is 14.3 Å². The highest BCUT2D eigenvalue weighted by molar-refractivity contribution is 8.01. The van der Waals surface area contributed by atoms with Gasteiger partial charge in [-0.05, 0) is 30.7 Å². The fraction of sp³-hybridized carbons (Fsp3) is 0.636. The molecule has 0 aliphatic carbocycles.